The molecule has 0 aliphatic carbocycles. The maximum absolute atomic E-state index is 13.1. The van der Waals surface area contributed by atoms with Crippen LogP contribution in [0.4, 0.5) is 18.9 Å². The quantitative estimate of drug-likeness (QED) is 0.583. The molecule has 0 aliphatic rings. The predicted octanol–water partition coefficient (Wildman–Crippen LogP) is 5.68. The van der Waals surface area contributed by atoms with Crippen LogP contribution in [0.2, 0.25) is 0 Å². The molecule has 3 aromatic rings. The van der Waals surface area contributed by atoms with Gasteiger partial charge in [-0.05, 0) is 43.7 Å². The zero-order valence-corrected chi connectivity index (χ0v) is 15.5. The zero-order valence-electron chi connectivity index (χ0n) is 14.7. The van der Waals surface area contributed by atoms with E-state index in [4.69, 9.17) is 0 Å². The van der Waals surface area contributed by atoms with E-state index < -0.39 is 22.9 Å². The van der Waals surface area contributed by atoms with Crippen molar-refractivity contribution in [3.05, 3.63) is 65.7 Å². The van der Waals surface area contributed by atoms with Crippen molar-refractivity contribution in [2.24, 2.45) is 0 Å². The smallest absolute Gasteiger partial charge is 0.325 e. The summed E-state index contributed by atoms with van der Waals surface area (Å²) in [4.78, 5) is 16.9. The van der Waals surface area contributed by atoms with Crippen LogP contribution in [-0.2, 0) is 11.0 Å². The number of nitrogens with one attached hydrogen (secondary N) is 1. The molecule has 0 bridgehead atoms. The number of hydrogen-bond acceptors (Lipinski definition) is 3. The van der Waals surface area contributed by atoms with Crippen LogP contribution in [-0.4, -0.2) is 16.1 Å². The summed E-state index contributed by atoms with van der Waals surface area (Å²) in [5.74, 6) is -0.510. The standard InChI is InChI=1S/C20H17F3N2OS/c1-12-11-18(24-16-9-5-3-7-14(12)16)27-13(2)19(26)25-17-10-6-4-8-15(17)20(21,22)23/h3-11,13H,1-2H3,(H,25,26). The molecule has 1 N–H and O–H groups in total. The average Bonchev–Trinajstić information content (AvgIpc) is 2.61. The summed E-state index contributed by atoms with van der Waals surface area (Å²) in [6.45, 7) is 3.60. The van der Waals surface area contributed by atoms with E-state index in [2.05, 4.69) is 10.3 Å². The molecule has 0 radical (unpaired) electrons. The molecule has 7 heteroatoms. The van der Waals surface area contributed by atoms with Gasteiger partial charge in [0.2, 0.25) is 5.91 Å². The normalized spacial score (nSPS) is 12.8. The molecule has 1 amide bonds. The summed E-state index contributed by atoms with van der Waals surface area (Å²) in [6, 6.07) is 14.5. The van der Waals surface area contributed by atoms with Gasteiger partial charge >= 0.3 is 6.18 Å². The molecule has 140 valence electrons. The summed E-state index contributed by atoms with van der Waals surface area (Å²) < 4.78 is 39.2. The van der Waals surface area contributed by atoms with E-state index in [-0.39, 0.29) is 5.69 Å². The van der Waals surface area contributed by atoms with E-state index >= 15 is 0 Å². The lowest BCUT2D eigenvalue weighted by Crippen LogP contribution is -2.24. The Morgan fingerprint density at radius 3 is 2.52 bits per heavy atom. The molecule has 0 fully saturated rings. The van der Waals surface area contributed by atoms with E-state index in [1.807, 2.05) is 37.3 Å². The summed E-state index contributed by atoms with van der Waals surface area (Å²) in [5, 5.41) is 3.45. The third kappa shape index (κ3) is 4.42. The molecule has 0 aliphatic heterocycles. The molecular weight excluding hydrogens is 373 g/mol. The highest BCUT2D eigenvalue weighted by atomic mass is 32.2. The van der Waals surface area contributed by atoms with E-state index in [0.29, 0.717) is 5.03 Å². The minimum absolute atomic E-state index is 0.245. The number of nitrogens with zero attached hydrogens (tertiary/aromatic N) is 1. The van der Waals surface area contributed by atoms with E-state index in [0.717, 1.165) is 22.5 Å². The molecule has 0 saturated heterocycles. The van der Waals surface area contributed by atoms with Gasteiger partial charge in [-0.2, -0.15) is 13.2 Å². The molecule has 2 aromatic carbocycles. The van der Waals surface area contributed by atoms with Crippen molar-refractivity contribution < 1.29 is 18.0 Å². The minimum atomic E-state index is -4.53. The van der Waals surface area contributed by atoms with Crippen LogP contribution < -0.4 is 5.32 Å². The summed E-state index contributed by atoms with van der Waals surface area (Å²) in [5.41, 5.74) is 0.730. The lowest BCUT2D eigenvalue weighted by atomic mass is 10.1. The summed E-state index contributed by atoms with van der Waals surface area (Å²) in [6.07, 6.45) is -4.53. The lowest BCUT2D eigenvalue weighted by molar-refractivity contribution is -0.137. The summed E-state index contributed by atoms with van der Waals surface area (Å²) in [7, 11) is 0. The number of aryl methyl sites for hydroxylation is 1. The van der Waals surface area contributed by atoms with Gasteiger partial charge in [0.25, 0.3) is 0 Å². The third-order valence-corrected chi connectivity index (χ3v) is 5.07. The number of carbonyl (C=O) groups is 1. The van der Waals surface area contributed by atoms with Crippen molar-refractivity contribution in [3.63, 3.8) is 0 Å². The first-order chi connectivity index (χ1) is 12.8. The number of pyridine rings is 1. The van der Waals surface area contributed by atoms with Gasteiger partial charge in [0.05, 0.1) is 27.0 Å². The first kappa shape index (κ1) is 19.2. The molecule has 1 atom stereocenters. The number of hydrogen-bond donors (Lipinski definition) is 1. The van der Waals surface area contributed by atoms with Gasteiger partial charge in [0, 0.05) is 5.39 Å². The Hall–Kier alpha value is -2.54. The number of rotatable bonds is 4. The van der Waals surface area contributed by atoms with Gasteiger partial charge in [-0.1, -0.05) is 42.1 Å². The Kier molecular flexibility index (Phi) is 5.41. The van der Waals surface area contributed by atoms with Crippen LogP contribution in [0, 0.1) is 6.92 Å². The number of para-hydroxylation sites is 2. The average molecular weight is 390 g/mol. The van der Waals surface area contributed by atoms with Gasteiger partial charge in [-0.15, -0.1) is 0 Å². The van der Waals surface area contributed by atoms with Crippen LogP contribution >= 0.6 is 11.8 Å². The largest absolute Gasteiger partial charge is 0.418 e. The van der Waals surface area contributed by atoms with Crippen LogP contribution in [0.3, 0.4) is 0 Å². The minimum Gasteiger partial charge on any atom is -0.325 e. The maximum Gasteiger partial charge on any atom is 0.418 e. The van der Waals surface area contributed by atoms with E-state index in [9.17, 15) is 18.0 Å². The number of anilines is 1. The van der Waals surface area contributed by atoms with E-state index in [1.165, 1.54) is 30.0 Å². The molecule has 0 spiro atoms. The first-order valence-corrected chi connectivity index (χ1v) is 9.14. The molecule has 3 nitrogen and oxygen atoms in total. The topological polar surface area (TPSA) is 42.0 Å². The molecular formula is C20H17F3N2OS. The van der Waals surface area contributed by atoms with Gasteiger partial charge in [-0.25, -0.2) is 4.98 Å². The monoisotopic (exact) mass is 390 g/mol. The molecule has 1 aromatic heterocycles. The van der Waals surface area contributed by atoms with Crippen molar-refractivity contribution >= 4 is 34.3 Å². The maximum atomic E-state index is 13.1. The predicted molar refractivity (Wildman–Crippen MR) is 102 cm³/mol. The van der Waals surface area contributed by atoms with Gasteiger partial charge < -0.3 is 5.32 Å². The van der Waals surface area contributed by atoms with Gasteiger partial charge in [0.15, 0.2) is 0 Å². The Bertz CT molecular complexity index is 988. The highest BCUT2D eigenvalue weighted by Crippen LogP contribution is 2.35. The second-order valence-corrected chi connectivity index (χ2v) is 7.45. The number of carbonyl (C=O) groups excluding carboxylic acids is 1. The SMILES string of the molecule is Cc1cc(SC(C)C(=O)Nc2ccccc2C(F)(F)F)nc2ccccc12. The molecule has 1 unspecified atom stereocenters. The number of amides is 1. The number of benzene rings is 2. The van der Waals surface area contributed by atoms with Crippen LogP contribution in [0.25, 0.3) is 10.9 Å². The van der Waals surface area contributed by atoms with Crippen LogP contribution in [0.5, 0.6) is 0 Å². The van der Waals surface area contributed by atoms with Crippen LogP contribution in [0.15, 0.2) is 59.6 Å². The second-order valence-electron chi connectivity index (χ2n) is 6.09. The van der Waals surface area contributed by atoms with Crippen molar-refractivity contribution in [2.45, 2.75) is 30.3 Å². The number of fused-ring (bicyclic) bond motifs is 1. The highest BCUT2D eigenvalue weighted by Gasteiger charge is 2.33. The molecule has 1 heterocycles. The van der Waals surface area contributed by atoms with Crippen molar-refractivity contribution in [3.8, 4) is 0 Å². The van der Waals surface area contributed by atoms with Crippen molar-refractivity contribution in [1.82, 2.24) is 4.98 Å². The Morgan fingerprint density at radius 1 is 1.11 bits per heavy atom. The fourth-order valence-electron chi connectivity index (χ4n) is 2.69. The first-order valence-electron chi connectivity index (χ1n) is 8.26. The van der Waals surface area contributed by atoms with Gasteiger partial charge in [0.1, 0.15) is 0 Å². The molecule has 27 heavy (non-hydrogen) atoms. The fourth-order valence-corrected chi connectivity index (χ4v) is 3.61. The van der Waals surface area contributed by atoms with Crippen molar-refractivity contribution in [2.75, 3.05) is 5.32 Å². The molecule has 0 saturated carbocycles. The lowest BCUT2D eigenvalue weighted by Gasteiger charge is -2.16. The number of aromatic nitrogens is 1. The number of thioether (sulfide) groups is 1. The van der Waals surface area contributed by atoms with E-state index in [1.54, 1.807) is 6.92 Å². The number of alkyl halides is 3. The van der Waals surface area contributed by atoms with Crippen molar-refractivity contribution in [1.29, 1.82) is 0 Å². The Balaban J connectivity index is 1.78. The Labute approximate surface area is 159 Å². The zero-order chi connectivity index (χ0) is 19.6. The highest BCUT2D eigenvalue weighted by molar-refractivity contribution is 8.00. The second kappa shape index (κ2) is 7.60. The third-order valence-electron chi connectivity index (χ3n) is 4.06. The Morgan fingerprint density at radius 2 is 1.78 bits per heavy atom. The molecule has 3 rings (SSSR count). The number of halogens is 3. The van der Waals surface area contributed by atoms with Gasteiger partial charge in [-0.3, -0.25) is 4.79 Å². The van der Waals surface area contributed by atoms with Crippen LogP contribution in [0.1, 0.15) is 18.1 Å². The summed E-state index contributed by atoms with van der Waals surface area (Å²) >= 11 is 1.21. The fraction of sp³-hybridized carbons (Fsp3) is 0.200.